The van der Waals surface area contributed by atoms with Crippen molar-refractivity contribution in [1.29, 1.82) is 0 Å². The first kappa shape index (κ1) is 13.3. The largest absolute Gasteiger partial charge is 0.389 e. The van der Waals surface area contributed by atoms with Crippen LogP contribution < -0.4 is 0 Å². The Morgan fingerprint density at radius 3 is 2.78 bits per heavy atom. The molecule has 1 aliphatic rings. The Kier molecular flexibility index (Phi) is 3.62. The monoisotopic (exact) mass is 248 g/mol. The second-order valence-electron chi connectivity index (χ2n) is 6.49. The zero-order chi connectivity index (χ0) is 13.3. The molecular weight excluding hydrogens is 224 g/mol. The molecule has 0 saturated carbocycles. The highest BCUT2D eigenvalue weighted by Gasteiger charge is 2.27. The first-order valence-corrected chi connectivity index (χ1v) is 6.77. The van der Waals surface area contributed by atoms with E-state index in [-0.39, 0.29) is 11.5 Å². The van der Waals surface area contributed by atoms with Crippen molar-refractivity contribution in [3.05, 3.63) is 29.6 Å². The fourth-order valence-electron chi connectivity index (χ4n) is 2.76. The van der Waals surface area contributed by atoms with Gasteiger partial charge in [-0.3, -0.25) is 4.68 Å². The van der Waals surface area contributed by atoms with Crippen LogP contribution >= 0.6 is 0 Å². The molecule has 1 atom stereocenters. The Bertz CT molecular complexity index is 443. The average molecular weight is 248 g/mol. The maximum Gasteiger partial charge on any atom is 0.0728 e. The van der Waals surface area contributed by atoms with E-state index in [4.69, 9.17) is 0 Å². The van der Waals surface area contributed by atoms with Crippen molar-refractivity contribution in [1.82, 2.24) is 9.78 Å². The fourth-order valence-corrected chi connectivity index (χ4v) is 2.76. The van der Waals surface area contributed by atoms with E-state index in [0.29, 0.717) is 6.04 Å². The summed E-state index contributed by atoms with van der Waals surface area (Å²) in [7, 11) is 0. The van der Waals surface area contributed by atoms with Crippen LogP contribution in [-0.2, 0) is 6.42 Å². The third-order valence-electron chi connectivity index (χ3n) is 3.50. The van der Waals surface area contributed by atoms with E-state index in [9.17, 15) is 5.11 Å². The number of hydrogen-bond donors (Lipinski definition) is 1. The molecule has 1 aliphatic carbocycles. The van der Waals surface area contributed by atoms with Gasteiger partial charge in [0.05, 0.1) is 11.8 Å². The lowest BCUT2D eigenvalue weighted by Crippen LogP contribution is -2.25. The summed E-state index contributed by atoms with van der Waals surface area (Å²) in [5, 5.41) is 14.5. The lowest BCUT2D eigenvalue weighted by atomic mass is 9.75. The predicted octanol–water partition coefficient (Wildman–Crippen LogP) is 3.11. The lowest BCUT2D eigenvalue weighted by Gasteiger charge is -2.32. The Balaban J connectivity index is 2.08. The minimum atomic E-state index is -0.295. The van der Waals surface area contributed by atoms with Crippen molar-refractivity contribution in [3.63, 3.8) is 0 Å². The molecule has 0 spiro atoms. The number of rotatable bonds is 3. The van der Waals surface area contributed by atoms with E-state index in [1.807, 2.05) is 17.0 Å². The maximum absolute atomic E-state index is 9.88. The number of aromatic nitrogens is 2. The summed E-state index contributed by atoms with van der Waals surface area (Å²) in [6, 6.07) is 2.48. The number of allylic oxidation sites excluding steroid dienone is 1. The first-order chi connectivity index (χ1) is 8.35. The molecule has 0 radical (unpaired) electrons. The van der Waals surface area contributed by atoms with Crippen LogP contribution in [-0.4, -0.2) is 21.0 Å². The van der Waals surface area contributed by atoms with Gasteiger partial charge in [0.1, 0.15) is 0 Å². The van der Waals surface area contributed by atoms with Crippen LogP contribution in [0.3, 0.4) is 0 Å². The highest BCUT2D eigenvalue weighted by molar-refractivity contribution is 5.19. The van der Waals surface area contributed by atoms with E-state index in [0.717, 1.165) is 25.0 Å². The molecule has 0 saturated heterocycles. The van der Waals surface area contributed by atoms with Crippen LogP contribution in [0.15, 0.2) is 23.9 Å². The van der Waals surface area contributed by atoms with Gasteiger partial charge in [0.25, 0.3) is 0 Å². The van der Waals surface area contributed by atoms with Crippen LogP contribution in [0.25, 0.3) is 0 Å². The summed E-state index contributed by atoms with van der Waals surface area (Å²) < 4.78 is 1.99. The van der Waals surface area contributed by atoms with Gasteiger partial charge >= 0.3 is 0 Å². The number of aliphatic hydroxyl groups is 1. The zero-order valence-corrected chi connectivity index (χ0v) is 11.8. The number of hydrogen-bond acceptors (Lipinski definition) is 2. The molecule has 0 fully saturated rings. The molecule has 100 valence electrons. The summed E-state index contributed by atoms with van der Waals surface area (Å²) in [4.78, 5) is 0. The summed E-state index contributed by atoms with van der Waals surface area (Å²) in [6.07, 6.45) is 6.52. The van der Waals surface area contributed by atoms with Crippen molar-refractivity contribution in [2.24, 2.45) is 5.41 Å². The molecule has 1 aromatic heterocycles. The molecule has 18 heavy (non-hydrogen) atoms. The second kappa shape index (κ2) is 4.88. The average Bonchev–Trinajstić information content (AvgIpc) is 2.62. The van der Waals surface area contributed by atoms with Crippen LogP contribution in [0.1, 0.15) is 52.3 Å². The van der Waals surface area contributed by atoms with Gasteiger partial charge in [0, 0.05) is 18.7 Å². The van der Waals surface area contributed by atoms with E-state index in [2.05, 4.69) is 38.9 Å². The van der Waals surface area contributed by atoms with Gasteiger partial charge in [-0.2, -0.15) is 5.10 Å². The Morgan fingerprint density at radius 2 is 2.22 bits per heavy atom. The topological polar surface area (TPSA) is 38.0 Å². The zero-order valence-electron chi connectivity index (χ0n) is 11.8. The van der Waals surface area contributed by atoms with Gasteiger partial charge in [-0.1, -0.05) is 25.5 Å². The van der Waals surface area contributed by atoms with Crippen LogP contribution in [0.2, 0.25) is 0 Å². The predicted molar refractivity (Wildman–Crippen MR) is 73.4 cm³/mol. The van der Waals surface area contributed by atoms with E-state index in [1.54, 1.807) is 0 Å². The van der Waals surface area contributed by atoms with E-state index in [1.165, 1.54) is 5.57 Å². The third kappa shape index (κ3) is 3.22. The molecular formula is C15H24N2O. The quantitative estimate of drug-likeness (QED) is 0.835. The summed E-state index contributed by atoms with van der Waals surface area (Å²) in [5.74, 6) is 0. The standard InChI is InChI=1S/C15H24N2O/c1-11(2)17-6-5-13(16-17)7-12-8-14(18)10-15(3,4)9-12/h5-6,8,11,14,18H,7,9-10H2,1-4H3. The summed E-state index contributed by atoms with van der Waals surface area (Å²) in [6.45, 7) is 8.69. The van der Waals surface area contributed by atoms with Gasteiger partial charge in [0.15, 0.2) is 0 Å². The molecule has 3 nitrogen and oxygen atoms in total. The molecule has 0 amide bonds. The second-order valence-corrected chi connectivity index (χ2v) is 6.49. The molecule has 2 rings (SSSR count). The molecule has 1 N–H and O–H groups in total. The van der Waals surface area contributed by atoms with Crippen molar-refractivity contribution in [2.75, 3.05) is 0 Å². The van der Waals surface area contributed by atoms with Crippen LogP contribution in [0.4, 0.5) is 0 Å². The Labute approximate surface area is 110 Å². The third-order valence-corrected chi connectivity index (χ3v) is 3.50. The molecule has 0 aliphatic heterocycles. The molecule has 1 unspecified atom stereocenters. The maximum atomic E-state index is 9.88. The van der Waals surface area contributed by atoms with E-state index < -0.39 is 0 Å². The highest BCUT2D eigenvalue weighted by atomic mass is 16.3. The summed E-state index contributed by atoms with van der Waals surface area (Å²) in [5.41, 5.74) is 2.61. The molecule has 0 bridgehead atoms. The molecule has 1 aromatic rings. The molecule has 3 heteroatoms. The number of aliphatic hydroxyl groups excluding tert-OH is 1. The molecule has 0 aromatic carbocycles. The summed E-state index contributed by atoms with van der Waals surface area (Å²) >= 11 is 0. The SMILES string of the molecule is CC(C)n1ccc(CC2=CC(O)CC(C)(C)C2)n1. The van der Waals surface area contributed by atoms with Gasteiger partial charge in [-0.05, 0) is 38.2 Å². The van der Waals surface area contributed by atoms with Gasteiger partial charge in [-0.25, -0.2) is 0 Å². The Hall–Kier alpha value is -1.09. The van der Waals surface area contributed by atoms with Crippen molar-refractivity contribution in [2.45, 2.75) is 59.1 Å². The minimum absolute atomic E-state index is 0.199. The normalized spacial score (nSPS) is 23.2. The molecule has 1 heterocycles. The van der Waals surface area contributed by atoms with Crippen LogP contribution in [0.5, 0.6) is 0 Å². The highest BCUT2D eigenvalue weighted by Crippen LogP contribution is 2.36. The van der Waals surface area contributed by atoms with Gasteiger partial charge in [-0.15, -0.1) is 0 Å². The fraction of sp³-hybridized carbons (Fsp3) is 0.667. The number of nitrogens with zero attached hydrogens (tertiary/aromatic N) is 2. The van der Waals surface area contributed by atoms with Crippen LogP contribution in [0, 0.1) is 5.41 Å². The lowest BCUT2D eigenvalue weighted by molar-refractivity contribution is 0.138. The van der Waals surface area contributed by atoms with Crippen molar-refractivity contribution in [3.8, 4) is 0 Å². The minimum Gasteiger partial charge on any atom is -0.389 e. The Morgan fingerprint density at radius 1 is 1.50 bits per heavy atom. The van der Waals surface area contributed by atoms with E-state index >= 15 is 0 Å². The van der Waals surface area contributed by atoms with Gasteiger partial charge in [0.2, 0.25) is 0 Å². The first-order valence-electron chi connectivity index (χ1n) is 6.77. The van der Waals surface area contributed by atoms with Crippen molar-refractivity contribution >= 4 is 0 Å². The smallest absolute Gasteiger partial charge is 0.0728 e. The van der Waals surface area contributed by atoms with Crippen molar-refractivity contribution < 1.29 is 5.11 Å². The van der Waals surface area contributed by atoms with Gasteiger partial charge < -0.3 is 5.11 Å².